The summed E-state index contributed by atoms with van der Waals surface area (Å²) in [4.78, 5) is 4.96. The Kier molecular flexibility index (Phi) is 4.64. The first-order valence-corrected chi connectivity index (χ1v) is 8.78. The molecule has 1 aliphatic rings. The maximum absolute atomic E-state index is 13.1. The van der Waals surface area contributed by atoms with Crippen molar-refractivity contribution < 1.29 is 26.4 Å². The van der Waals surface area contributed by atoms with Crippen molar-refractivity contribution in [3.8, 4) is 0 Å². The SMILES string of the molecule is Cn1nc(Cl)c(CS(=O)(=O)C2=NOC(C)(CCl)C2)c1C(F)(F)F. The van der Waals surface area contributed by atoms with Crippen LogP contribution in [0.2, 0.25) is 5.15 Å². The highest BCUT2D eigenvalue weighted by atomic mass is 35.5. The van der Waals surface area contributed by atoms with Crippen LogP contribution in [0.25, 0.3) is 0 Å². The first-order chi connectivity index (χ1) is 10.4. The molecule has 1 atom stereocenters. The van der Waals surface area contributed by atoms with Crippen molar-refractivity contribution in [3.63, 3.8) is 0 Å². The molecule has 2 heterocycles. The zero-order valence-corrected chi connectivity index (χ0v) is 14.3. The van der Waals surface area contributed by atoms with Crippen LogP contribution in [0.3, 0.4) is 0 Å². The molecule has 0 radical (unpaired) electrons. The first-order valence-electron chi connectivity index (χ1n) is 6.22. The van der Waals surface area contributed by atoms with Gasteiger partial charge in [-0.05, 0) is 6.92 Å². The van der Waals surface area contributed by atoms with Crippen LogP contribution >= 0.6 is 23.2 Å². The lowest BCUT2D eigenvalue weighted by molar-refractivity contribution is -0.144. The third kappa shape index (κ3) is 3.58. The van der Waals surface area contributed by atoms with Crippen LogP contribution in [0.15, 0.2) is 5.16 Å². The third-order valence-electron chi connectivity index (χ3n) is 3.23. The Morgan fingerprint density at radius 2 is 2.04 bits per heavy atom. The molecule has 130 valence electrons. The molecule has 0 bridgehead atoms. The Morgan fingerprint density at radius 3 is 2.52 bits per heavy atom. The van der Waals surface area contributed by atoms with Gasteiger partial charge in [0, 0.05) is 19.0 Å². The van der Waals surface area contributed by atoms with Crippen molar-refractivity contribution in [2.75, 3.05) is 5.88 Å². The van der Waals surface area contributed by atoms with E-state index in [0.717, 1.165) is 7.05 Å². The molecule has 23 heavy (non-hydrogen) atoms. The van der Waals surface area contributed by atoms with Gasteiger partial charge in [-0.2, -0.15) is 18.3 Å². The molecule has 0 aromatic carbocycles. The molecule has 0 N–H and O–H groups in total. The Balaban J connectivity index is 2.37. The zero-order valence-electron chi connectivity index (χ0n) is 12.0. The fraction of sp³-hybridized carbons (Fsp3) is 0.636. The van der Waals surface area contributed by atoms with Crippen LogP contribution in [-0.2, 0) is 33.7 Å². The largest absolute Gasteiger partial charge is 0.433 e. The van der Waals surface area contributed by atoms with Gasteiger partial charge in [0.05, 0.1) is 11.6 Å². The Morgan fingerprint density at radius 1 is 1.43 bits per heavy atom. The smallest absolute Gasteiger partial charge is 0.387 e. The van der Waals surface area contributed by atoms with E-state index in [0.29, 0.717) is 4.68 Å². The van der Waals surface area contributed by atoms with Crippen molar-refractivity contribution in [2.45, 2.75) is 30.9 Å². The normalized spacial score (nSPS) is 22.1. The van der Waals surface area contributed by atoms with Gasteiger partial charge < -0.3 is 4.84 Å². The van der Waals surface area contributed by atoms with Crippen molar-refractivity contribution >= 4 is 38.1 Å². The van der Waals surface area contributed by atoms with E-state index in [9.17, 15) is 21.6 Å². The monoisotopic (exact) mass is 393 g/mol. The van der Waals surface area contributed by atoms with Crippen molar-refractivity contribution in [1.29, 1.82) is 0 Å². The predicted molar refractivity (Wildman–Crippen MR) is 78.1 cm³/mol. The lowest BCUT2D eigenvalue weighted by atomic mass is 10.1. The van der Waals surface area contributed by atoms with E-state index in [1.54, 1.807) is 6.92 Å². The minimum Gasteiger partial charge on any atom is -0.387 e. The van der Waals surface area contributed by atoms with Gasteiger partial charge in [0.2, 0.25) is 0 Å². The number of alkyl halides is 4. The van der Waals surface area contributed by atoms with Crippen LogP contribution < -0.4 is 0 Å². The molecule has 1 unspecified atom stereocenters. The Bertz CT molecular complexity index is 761. The number of rotatable bonds is 3. The molecule has 0 amide bonds. The number of oxime groups is 1. The van der Waals surface area contributed by atoms with Crippen LogP contribution in [0.5, 0.6) is 0 Å². The summed E-state index contributed by atoms with van der Waals surface area (Å²) in [7, 11) is -3.12. The zero-order chi connectivity index (χ0) is 17.6. The molecule has 2 rings (SSSR count). The highest BCUT2D eigenvalue weighted by Crippen LogP contribution is 2.36. The molecule has 6 nitrogen and oxygen atoms in total. The van der Waals surface area contributed by atoms with Gasteiger partial charge in [0.15, 0.2) is 25.6 Å². The predicted octanol–water partition coefficient (Wildman–Crippen LogP) is 2.74. The first kappa shape index (κ1) is 18.3. The molecule has 0 spiro atoms. The van der Waals surface area contributed by atoms with E-state index >= 15 is 0 Å². The molecule has 0 saturated carbocycles. The number of aryl methyl sites for hydroxylation is 1. The quantitative estimate of drug-likeness (QED) is 0.740. The number of hydrogen-bond donors (Lipinski definition) is 0. The van der Waals surface area contributed by atoms with E-state index in [1.165, 1.54) is 0 Å². The molecule has 1 aromatic rings. The van der Waals surface area contributed by atoms with Gasteiger partial charge in [-0.25, -0.2) is 8.42 Å². The summed E-state index contributed by atoms with van der Waals surface area (Å²) in [5.74, 6) is -0.994. The van der Waals surface area contributed by atoms with Crippen LogP contribution in [-0.4, -0.2) is 34.7 Å². The highest BCUT2D eigenvalue weighted by Gasteiger charge is 2.43. The standard InChI is InChI=1S/C11H12Cl2F3N3O3S/c1-10(5-12)3-7(18-22-10)23(20,21)4-6-8(11(14,15)16)19(2)17-9(6)13/h3-5H2,1-2H3. The minimum atomic E-state index is -4.79. The number of aromatic nitrogens is 2. The summed E-state index contributed by atoms with van der Waals surface area (Å²) in [6, 6.07) is 0. The van der Waals surface area contributed by atoms with E-state index in [1.807, 2.05) is 0 Å². The maximum atomic E-state index is 13.1. The fourth-order valence-electron chi connectivity index (χ4n) is 2.07. The van der Waals surface area contributed by atoms with E-state index in [2.05, 4.69) is 10.3 Å². The minimum absolute atomic E-state index is 0.0169. The lowest BCUT2D eigenvalue weighted by Crippen LogP contribution is -2.29. The number of hydrogen-bond acceptors (Lipinski definition) is 5. The topological polar surface area (TPSA) is 73.5 Å². The third-order valence-corrected chi connectivity index (χ3v) is 5.71. The molecule has 1 aliphatic heterocycles. The molecule has 0 fully saturated rings. The second-order valence-corrected chi connectivity index (χ2v) is 7.95. The summed E-state index contributed by atoms with van der Waals surface area (Å²) in [6.07, 6.45) is -4.92. The van der Waals surface area contributed by atoms with Crippen LogP contribution in [0.4, 0.5) is 13.2 Å². The molecule has 0 aliphatic carbocycles. The average Bonchev–Trinajstić information content (AvgIpc) is 2.91. The number of halogens is 5. The molecular formula is C11H12Cl2F3N3O3S. The van der Waals surface area contributed by atoms with Crippen molar-refractivity contribution in [1.82, 2.24) is 9.78 Å². The Labute approximate surface area is 140 Å². The van der Waals surface area contributed by atoms with Crippen LogP contribution in [0.1, 0.15) is 24.6 Å². The maximum Gasteiger partial charge on any atom is 0.433 e. The highest BCUT2D eigenvalue weighted by molar-refractivity contribution is 8.05. The van der Waals surface area contributed by atoms with Gasteiger partial charge >= 0.3 is 6.18 Å². The van der Waals surface area contributed by atoms with Gasteiger partial charge in [-0.15, -0.1) is 11.6 Å². The summed E-state index contributed by atoms with van der Waals surface area (Å²) in [5, 5.41) is 6.00. The molecule has 0 saturated heterocycles. The lowest BCUT2D eigenvalue weighted by Gasteiger charge is -2.16. The van der Waals surface area contributed by atoms with E-state index in [4.69, 9.17) is 28.0 Å². The average molecular weight is 394 g/mol. The van der Waals surface area contributed by atoms with Crippen molar-refractivity contribution in [2.24, 2.45) is 12.2 Å². The van der Waals surface area contributed by atoms with Crippen molar-refractivity contribution in [3.05, 3.63) is 16.4 Å². The summed E-state index contributed by atoms with van der Waals surface area (Å²) < 4.78 is 64.4. The van der Waals surface area contributed by atoms with Gasteiger partial charge in [0.1, 0.15) is 5.69 Å². The number of nitrogens with zero attached hydrogens (tertiary/aromatic N) is 3. The van der Waals surface area contributed by atoms with Crippen LogP contribution in [0, 0.1) is 0 Å². The van der Waals surface area contributed by atoms with Gasteiger partial charge in [-0.3, -0.25) is 4.68 Å². The van der Waals surface area contributed by atoms with Gasteiger partial charge in [0.25, 0.3) is 0 Å². The molecule has 1 aromatic heterocycles. The van der Waals surface area contributed by atoms with E-state index < -0.39 is 43.8 Å². The molecule has 12 heteroatoms. The number of sulfone groups is 1. The Hall–Kier alpha value is -1.00. The summed E-state index contributed by atoms with van der Waals surface area (Å²) in [6.45, 7) is 1.55. The second-order valence-electron chi connectivity index (χ2n) is 5.34. The summed E-state index contributed by atoms with van der Waals surface area (Å²) in [5.41, 5.74) is -2.84. The summed E-state index contributed by atoms with van der Waals surface area (Å²) >= 11 is 11.3. The van der Waals surface area contributed by atoms with Gasteiger partial charge in [-0.1, -0.05) is 16.8 Å². The second kappa shape index (κ2) is 5.82. The van der Waals surface area contributed by atoms with E-state index in [-0.39, 0.29) is 17.3 Å². The molecular weight excluding hydrogens is 382 g/mol. The fourth-order valence-corrected chi connectivity index (χ4v) is 4.06.